The zero-order valence-electron chi connectivity index (χ0n) is 13.6. The Hall–Kier alpha value is -3.41. The quantitative estimate of drug-likeness (QED) is 0.368. The first-order chi connectivity index (χ1) is 12.2. The molecule has 3 aromatic rings. The summed E-state index contributed by atoms with van der Waals surface area (Å²) < 4.78 is 0. The fraction of sp³-hybridized carbons (Fsp3) is 0.105. The van der Waals surface area contributed by atoms with Gasteiger partial charge < -0.3 is 10.1 Å². The Labute approximate surface area is 144 Å². The highest BCUT2D eigenvalue weighted by Gasteiger charge is 2.08. The van der Waals surface area contributed by atoms with E-state index in [4.69, 9.17) is 0 Å². The largest absolute Gasteiger partial charge is 0.507 e. The third-order valence-corrected chi connectivity index (χ3v) is 3.67. The van der Waals surface area contributed by atoms with Gasteiger partial charge in [0.1, 0.15) is 11.6 Å². The topological polar surface area (TPSA) is 90.4 Å². The van der Waals surface area contributed by atoms with Crippen LogP contribution in [0.1, 0.15) is 17.0 Å². The molecule has 0 spiro atoms. The zero-order valence-corrected chi connectivity index (χ0v) is 13.6. The van der Waals surface area contributed by atoms with Crippen LogP contribution in [-0.4, -0.2) is 27.2 Å². The van der Waals surface area contributed by atoms with Crippen LogP contribution in [0.3, 0.4) is 0 Å². The zero-order chi connectivity index (χ0) is 17.6. The third-order valence-electron chi connectivity index (χ3n) is 3.67. The molecule has 0 aliphatic rings. The summed E-state index contributed by atoms with van der Waals surface area (Å²) in [6.45, 7) is 3.66. The van der Waals surface area contributed by atoms with Crippen LogP contribution in [0, 0.1) is 0 Å². The Morgan fingerprint density at radius 3 is 2.92 bits per heavy atom. The van der Waals surface area contributed by atoms with Gasteiger partial charge in [-0.2, -0.15) is 5.10 Å². The Morgan fingerprint density at radius 2 is 2.12 bits per heavy atom. The van der Waals surface area contributed by atoms with E-state index >= 15 is 0 Å². The second-order valence-electron chi connectivity index (χ2n) is 5.52. The van der Waals surface area contributed by atoms with Gasteiger partial charge in [0.25, 0.3) is 0 Å². The first kappa shape index (κ1) is 16.4. The van der Waals surface area contributed by atoms with E-state index in [2.05, 4.69) is 27.1 Å². The number of phenols is 1. The maximum atomic E-state index is 12.0. The number of benzene rings is 2. The van der Waals surface area contributed by atoms with Crippen molar-refractivity contribution in [1.29, 1.82) is 0 Å². The Balaban J connectivity index is 1.63. The Morgan fingerprint density at radius 1 is 1.28 bits per heavy atom. The second kappa shape index (κ2) is 7.44. The Bertz CT molecular complexity index is 911. The summed E-state index contributed by atoms with van der Waals surface area (Å²) in [6.07, 6.45) is 3.78. The van der Waals surface area contributed by atoms with Gasteiger partial charge in [-0.05, 0) is 30.2 Å². The van der Waals surface area contributed by atoms with Crippen molar-refractivity contribution in [2.45, 2.75) is 12.8 Å². The summed E-state index contributed by atoms with van der Waals surface area (Å²) >= 11 is 0. The molecule has 25 heavy (non-hydrogen) atoms. The van der Waals surface area contributed by atoms with Gasteiger partial charge in [-0.15, -0.1) is 6.58 Å². The second-order valence-corrected chi connectivity index (χ2v) is 5.52. The number of amides is 1. The normalized spacial score (nSPS) is 11.0. The molecule has 0 bridgehead atoms. The number of H-pyrrole nitrogens is 1. The molecule has 1 amide bonds. The predicted molar refractivity (Wildman–Crippen MR) is 97.5 cm³/mol. The number of carbonyl (C=O) groups is 1. The monoisotopic (exact) mass is 334 g/mol. The number of para-hydroxylation sites is 3. The molecule has 1 heterocycles. The van der Waals surface area contributed by atoms with E-state index in [1.165, 1.54) is 6.21 Å². The van der Waals surface area contributed by atoms with E-state index in [1.807, 2.05) is 36.4 Å². The van der Waals surface area contributed by atoms with E-state index in [0.717, 1.165) is 16.6 Å². The molecule has 2 aromatic carbocycles. The van der Waals surface area contributed by atoms with Crippen LogP contribution in [0.2, 0.25) is 0 Å². The summed E-state index contributed by atoms with van der Waals surface area (Å²) in [4.78, 5) is 19.4. The molecule has 0 aliphatic heterocycles. The van der Waals surface area contributed by atoms with Crippen LogP contribution < -0.4 is 5.43 Å². The number of aromatic hydroxyl groups is 1. The lowest BCUT2D eigenvalue weighted by molar-refractivity contribution is -0.120. The molecule has 1 aromatic heterocycles. The number of aromatic nitrogens is 2. The fourth-order valence-corrected chi connectivity index (χ4v) is 2.49. The van der Waals surface area contributed by atoms with Crippen LogP contribution in [0.4, 0.5) is 0 Å². The average Bonchev–Trinajstić information content (AvgIpc) is 3.00. The molecule has 0 atom stereocenters. The number of fused-ring (bicyclic) bond motifs is 1. The van der Waals surface area contributed by atoms with E-state index in [1.54, 1.807) is 12.1 Å². The highest BCUT2D eigenvalue weighted by atomic mass is 16.3. The van der Waals surface area contributed by atoms with Crippen molar-refractivity contribution in [2.75, 3.05) is 0 Å². The van der Waals surface area contributed by atoms with Crippen LogP contribution in [0.15, 0.2) is 60.2 Å². The van der Waals surface area contributed by atoms with Gasteiger partial charge in [-0.1, -0.05) is 30.3 Å². The van der Waals surface area contributed by atoms with Gasteiger partial charge in [0.15, 0.2) is 0 Å². The summed E-state index contributed by atoms with van der Waals surface area (Å²) in [5, 5.41) is 14.0. The summed E-state index contributed by atoms with van der Waals surface area (Å²) in [6, 6.07) is 12.9. The summed E-state index contributed by atoms with van der Waals surface area (Å²) in [7, 11) is 0. The smallest absolute Gasteiger partial charge is 0.247 e. The number of hydrazone groups is 1. The molecule has 3 rings (SSSR count). The first-order valence-electron chi connectivity index (χ1n) is 7.84. The van der Waals surface area contributed by atoms with E-state index < -0.39 is 0 Å². The Kier molecular flexibility index (Phi) is 4.89. The average molecular weight is 334 g/mol. The van der Waals surface area contributed by atoms with Gasteiger partial charge >= 0.3 is 0 Å². The van der Waals surface area contributed by atoms with Crippen molar-refractivity contribution >= 4 is 23.2 Å². The van der Waals surface area contributed by atoms with Crippen molar-refractivity contribution in [3.8, 4) is 5.75 Å². The number of aromatic amines is 1. The lowest BCUT2D eigenvalue weighted by Crippen LogP contribution is -2.20. The van der Waals surface area contributed by atoms with Crippen LogP contribution >= 0.6 is 0 Å². The van der Waals surface area contributed by atoms with Crippen LogP contribution in [0.25, 0.3) is 11.0 Å². The minimum atomic E-state index is -0.294. The standard InChI is InChI=1S/C19H18N4O2/c1-2-6-13-7-5-8-14(19(13)25)12-20-23-18(24)11-17-21-15-9-3-4-10-16(15)22-17/h2-5,7-10,12,25H,1,6,11H2,(H,21,22)(H,23,24)/b20-12+. The number of hydrogen-bond donors (Lipinski definition) is 3. The lowest BCUT2D eigenvalue weighted by Gasteiger charge is -2.04. The van der Waals surface area contributed by atoms with E-state index in [0.29, 0.717) is 17.8 Å². The number of nitrogens with one attached hydrogen (secondary N) is 2. The highest BCUT2D eigenvalue weighted by Crippen LogP contribution is 2.21. The summed E-state index contributed by atoms with van der Waals surface area (Å²) in [5.41, 5.74) is 5.43. The molecule has 0 fully saturated rings. The SMILES string of the molecule is C=CCc1cccc(/C=N/NC(=O)Cc2nc3ccccc3[nH]2)c1O. The number of nitrogens with zero attached hydrogens (tertiary/aromatic N) is 2. The number of imidazole rings is 1. The van der Waals surface area contributed by atoms with Gasteiger partial charge in [-0.3, -0.25) is 4.79 Å². The number of phenolic OH excluding ortho intramolecular Hbond substituents is 1. The molecule has 0 unspecified atom stereocenters. The predicted octanol–water partition coefficient (Wildman–Crippen LogP) is 2.69. The third kappa shape index (κ3) is 3.92. The van der Waals surface area contributed by atoms with E-state index in [-0.39, 0.29) is 18.1 Å². The maximum absolute atomic E-state index is 12.0. The van der Waals surface area contributed by atoms with Gasteiger partial charge in [0.05, 0.1) is 23.7 Å². The van der Waals surface area contributed by atoms with Crippen LogP contribution in [-0.2, 0) is 17.6 Å². The minimum absolute atomic E-state index is 0.0918. The first-order valence-corrected chi connectivity index (χ1v) is 7.84. The number of rotatable bonds is 6. The molecule has 3 N–H and O–H groups in total. The molecule has 0 saturated heterocycles. The van der Waals surface area contributed by atoms with Crippen molar-refractivity contribution in [3.05, 3.63) is 72.1 Å². The number of carbonyl (C=O) groups excluding carboxylic acids is 1. The summed E-state index contributed by atoms with van der Waals surface area (Å²) in [5.74, 6) is 0.416. The van der Waals surface area contributed by atoms with Crippen LogP contribution in [0.5, 0.6) is 5.75 Å². The van der Waals surface area contributed by atoms with Gasteiger partial charge in [0, 0.05) is 5.56 Å². The lowest BCUT2D eigenvalue weighted by atomic mass is 10.1. The number of allylic oxidation sites excluding steroid dienone is 1. The van der Waals surface area contributed by atoms with E-state index in [9.17, 15) is 9.90 Å². The molecule has 0 aliphatic carbocycles. The molecule has 6 nitrogen and oxygen atoms in total. The fourth-order valence-electron chi connectivity index (χ4n) is 2.49. The molecule has 0 saturated carbocycles. The van der Waals surface area contributed by atoms with Crippen molar-refractivity contribution < 1.29 is 9.90 Å². The van der Waals surface area contributed by atoms with Crippen molar-refractivity contribution in [3.63, 3.8) is 0 Å². The number of hydrogen-bond acceptors (Lipinski definition) is 4. The van der Waals surface area contributed by atoms with Crippen molar-refractivity contribution in [1.82, 2.24) is 15.4 Å². The molecule has 126 valence electrons. The van der Waals surface area contributed by atoms with Crippen molar-refractivity contribution in [2.24, 2.45) is 5.10 Å². The van der Waals surface area contributed by atoms with Gasteiger partial charge in [-0.25, -0.2) is 10.4 Å². The highest BCUT2D eigenvalue weighted by molar-refractivity contribution is 5.86. The molecular weight excluding hydrogens is 316 g/mol. The molecule has 6 heteroatoms. The molecular formula is C19H18N4O2. The van der Waals surface area contributed by atoms with Gasteiger partial charge in [0.2, 0.25) is 5.91 Å². The maximum Gasteiger partial charge on any atom is 0.247 e. The minimum Gasteiger partial charge on any atom is -0.507 e. The molecule has 0 radical (unpaired) electrons.